The average Bonchev–Trinajstić information content (AvgIpc) is 2.30. The lowest BCUT2D eigenvalue weighted by molar-refractivity contribution is -0.125. The van der Waals surface area contributed by atoms with Crippen molar-refractivity contribution in [2.45, 2.75) is 12.5 Å². The van der Waals surface area contributed by atoms with E-state index in [2.05, 4.69) is 26.6 Å². The van der Waals surface area contributed by atoms with E-state index in [0.717, 1.165) is 10.2 Å². The molecule has 0 heterocycles. The van der Waals surface area contributed by atoms with Crippen LogP contribution in [0.25, 0.3) is 0 Å². The summed E-state index contributed by atoms with van der Waals surface area (Å²) in [4.78, 5) is 22.4. The zero-order valence-corrected chi connectivity index (χ0v) is 11.0. The molecule has 0 aliphatic carbocycles. The molecule has 17 heavy (non-hydrogen) atoms. The minimum atomic E-state index is -0.712. The third-order valence-corrected chi connectivity index (χ3v) is 2.73. The van der Waals surface area contributed by atoms with Crippen LogP contribution in [0.15, 0.2) is 28.7 Å². The van der Waals surface area contributed by atoms with Crippen molar-refractivity contribution in [1.29, 1.82) is 0 Å². The number of anilines is 1. The first-order chi connectivity index (χ1) is 8.02. The largest absolute Gasteiger partial charge is 0.373 e. The van der Waals surface area contributed by atoms with Crippen LogP contribution in [0.3, 0.4) is 0 Å². The van der Waals surface area contributed by atoms with Gasteiger partial charge in [-0.2, -0.15) is 0 Å². The molecule has 1 rings (SSSR count). The summed E-state index contributed by atoms with van der Waals surface area (Å²) >= 11 is 3.31. The second-order valence-electron chi connectivity index (χ2n) is 3.48. The maximum Gasteiger partial charge on any atom is 0.240 e. The van der Waals surface area contributed by atoms with E-state index >= 15 is 0 Å². The zero-order chi connectivity index (χ0) is 12.8. The Morgan fingerprint density at radius 1 is 1.35 bits per heavy atom. The Morgan fingerprint density at radius 2 is 1.94 bits per heavy atom. The van der Waals surface area contributed by atoms with Crippen LogP contribution in [-0.4, -0.2) is 24.9 Å². The molecule has 0 bridgehead atoms. The quantitative estimate of drug-likeness (QED) is 0.754. The Balaban J connectivity index is 2.70. The van der Waals surface area contributed by atoms with Crippen molar-refractivity contribution in [2.24, 2.45) is 5.73 Å². The van der Waals surface area contributed by atoms with Gasteiger partial charge < -0.3 is 16.4 Å². The maximum atomic E-state index is 11.2. The Kier molecular flexibility index (Phi) is 4.96. The zero-order valence-electron chi connectivity index (χ0n) is 9.37. The van der Waals surface area contributed by atoms with Gasteiger partial charge in [0.1, 0.15) is 6.04 Å². The van der Waals surface area contributed by atoms with Gasteiger partial charge in [0.2, 0.25) is 11.8 Å². The van der Waals surface area contributed by atoms with E-state index < -0.39 is 11.9 Å². The molecule has 0 aliphatic rings. The van der Waals surface area contributed by atoms with Gasteiger partial charge in [-0.25, -0.2) is 0 Å². The van der Waals surface area contributed by atoms with Crippen molar-refractivity contribution in [3.05, 3.63) is 28.7 Å². The highest BCUT2D eigenvalue weighted by molar-refractivity contribution is 9.10. The standard InChI is InChI=1S/C11H14BrN3O2/c1-14-10(16)6-9(11(13)17)15-8-4-2-7(12)3-5-8/h2-5,9,15H,6H2,1H3,(H2,13,17)(H,14,16). The number of nitrogens with one attached hydrogen (secondary N) is 2. The van der Waals surface area contributed by atoms with Gasteiger partial charge in [0.15, 0.2) is 0 Å². The van der Waals surface area contributed by atoms with E-state index in [0.29, 0.717) is 0 Å². The monoisotopic (exact) mass is 299 g/mol. The summed E-state index contributed by atoms with van der Waals surface area (Å²) in [6.45, 7) is 0. The Morgan fingerprint density at radius 3 is 2.41 bits per heavy atom. The molecule has 2 amide bonds. The second kappa shape index (κ2) is 6.24. The highest BCUT2D eigenvalue weighted by Crippen LogP contribution is 2.15. The molecule has 0 fully saturated rings. The lowest BCUT2D eigenvalue weighted by Crippen LogP contribution is -2.39. The molecule has 1 aromatic carbocycles. The number of carbonyl (C=O) groups excluding carboxylic acids is 2. The molecule has 6 heteroatoms. The third kappa shape index (κ3) is 4.44. The van der Waals surface area contributed by atoms with E-state index in [1.807, 2.05) is 12.1 Å². The number of benzene rings is 1. The van der Waals surface area contributed by atoms with E-state index in [-0.39, 0.29) is 12.3 Å². The molecule has 92 valence electrons. The van der Waals surface area contributed by atoms with E-state index in [1.54, 1.807) is 12.1 Å². The molecular weight excluding hydrogens is 286 g/mol. The maximum absolute atomic E-state index is 11.2. The number of carbonyl (C=O) groups is 2. The summed E-state index contributed by atoms with van der Waals surface area (Å²) in [6.07, 6.45) is 0.0158. The van der Waals surface area contributed by atoms with Crippen molar-refractivity contribution < 1.29 is 9.59 Å². The number of primary amides is 1. The van der Waals surface area contributed by atoms with Gasteiger partial charge in [-0.3, -0.25) is 9.59 Å². The van der Waals surface area contributed by atoms with Gasteiger partial charge in [-0.1, -0.05) is 15.9 Å². The normalized spacial score (nSPS) is 11.6. The molecule has 1 aromatic rings. The molecule has 1 unspecified atom stereocenters. The van der Waals surface area contributed by atoms with E-state index in [1.165, 1.54) is 7.05 Å². The summed E-state index contributed by atoms with van der Waals surface area (Å²) in [6, 6.07) is 6.55. The van der Waals surface area contributed by atoms with Crippen LogP contribution in [-0.2, 0) is 9.59 Å². The summed E-state index contributed by atoms with van der Waals surface area (Å²) in [5.41, 5.74) is 5.96. The summed E-state index contributed by atoms with van der Waals surface area (Å²) in [5, 5.41) is 5.37. The number of rotatable bonds is 5. The third-order valence-electron chi connectivity index (χ3n) is 2.20. The average molecular weight is 300 g/mol. The fourth-order valence-corrected chi connectivity index (χ4v) is 1.52. The fourth-order valence-electron chi connectivity index (χ4n) is 1.26. The van der Waals surface area contributed by atoms with Crippen molar-refractivity contribution in [2.75, 3.05) is 12.4 Å². The summed E-state index contributed by atoms with van der Waals surface area (Å²) in [5.74, 6) is -0.796. The van der Waals surface area contributed by atoms with Crippen LogP contribution in [0.1, 0.15) is 6.42 Å². The van der Waals surface area contributed by atoms with Crippen molar-refractivity contribution >= 4 is 33.4 Å². The van der Waals surface area contributed by atoms with Crippen LogP contribution in [0.4, 0.5) is 5.69 Å². The first kappa shape index (κ1) is 13.5. The van der Waals surface area contributed by atoms with Crippen molar-refractivity contribution in [3.63, 3.8) is 0 Å². The Labute approximate surface area is 108 Å². The molecular formula is C11H14BrN3O2. The molecule has 0 aromatic heterocycles. The van der Waals surface area contributed by atoms with Gasteiger partial charge >= 0.3 is 0 Å². The molecule has 5 nitrogen and oxygen atoms in total. The number of halogens is 1. The first-order valence-electron chi connectivity index (χ1n) is 5.05. The fraction of sp³-hybridized carbons (Fsp3) is 0.273. The summed E-state index contributed by atoms with van der Waals surface area (Å²) < 4.78 is 0.935. The second-order valence-corrected chi connectivity index (χ2v) is 4.40. The first-order valence-corrected chi connectivity index (χ1v) is 5.84. The minimum Gasteiger partial charge on any atom is -0.373 e. The Hall–Kier alpha value is -1.56. The van der Waals surface area contributed by atoms with E-state index in [9.17, 15) is 9.59 Å². The van der Waals surface area contributed by atoms with Crippen LogP contribution in [0.2, 0.25) is 0 Å². The number of hydrogen-bond donors (Lipinski definition) is 3. The number of hydrogen-bond acceptors (Lipinski definition) is 3. The van der Waals surface area contributed by atoms with Crippen molar-refractivity contribution in [1.82, 2.24) is 5.32 Å². The van der Waals surface area contributed by atoms with Gasteiger partial charge in [0.05, 0.1) is 6.42 Å². The lowest BCUT2D eigenvalue weighted by Gasteiger charge is -2.15. The topological polar surface area (TPSA) is 84.2 Å². The molecule has 0 saturated heterocycles. The molecule has 0 radical (unpaired) electrons. The molecule has 0 aliphatic heterocycles. The van der Waals surface area contributed by atoms with E-state index in [4.69, 9.17) is 5.73 Å². The van der Waals surface area contributed by atoms with Crippen LogP contribution >= 0.6 is 15.9 Å². The molecule has 4 N–H and O–H groups in total. The minimum absolute atomic E-state index is 0.0158. The Bertz CT molecular complexity index is 406. The van der Waals surface area contributed by atoms with Crippen LogP contribution in [0.5, 0.6) is 0 Å². The molecule has 0 spiro atoms. The molecule has 1 atom stereocenters. The molecule has 0 saturated carbocycles. The van der Waals surface area contributed by atoms with Gasteiger partial charge in [-0.05, 0) is 24.3 Å². The SMILES string of the molecule is CNC(=O)CC(Nc1ccc(Br)cc1)C(N)=O. The van der Waals surface area contributed by atoms with Gasteiger partial charge in [0, 0.05) is 17.2 Å². The van der Waals surface area contributed by atoms with Crippen LogP contribution in [0, 0.1) is 0 Å². The van der Waals surface area contributed by atoms with Gasteiger partial charge in [0.25, 0.3) is 0 Å². The number of amides is 2. The highest BCUT2D eigenvalue weighted by Gasteiger charge is 2.18. The van der Waals surface area contributed by atoms with Crippen LogP contribution < -0.4 is 16.4 Å². The number of nitrogens with two attached hydrogens (primary N) is 1. The van der Waals surface area contributed by atoms with Gasteiger partial charge in [-0.15, -0.1) is 0 Å². The predicted molar refractivity (Wildman–Crippen MR) is 69.4 cm³/mol. The highest BCUT2D eigenvalue weighted by atomic mass is 79.9. The summed E-state index contributed by atoms with van der Waals surface area (Å²) in [7, 11) is 1.51. The predicted octanol–water partition coefficient (Wildman–Crippen LogP) is 0.851. The lowest BCUT2D eigenvalue weighted by atomic mass is 10.1. The van der Waals surface area contributed by atoms with Crippen molar-refractivity contribution in [3.8, 4) is 0 Å². The smallest absolute Gasteiger partial charge is 0.240 e.